The molecule has 0 radical (unpaired) electrons. The number of amidine groups is 4. The zero-order valence-corrected chi connectivity index (χ0v) is 25.9. The highest BCUT2D eigenvalue weighted by atomic mass is 32.2. The lowest BCUT2D eigenvalue weighted by Crippen LogP contribution is -2.17. The van der Waals surface area contributed by atoms with Crippen LogP contribution in [-0.2, 0) is 20.2 Å². The predicted molar refractivity (Wildman–Crippen MR) is 174 cm³/mol. The second-order valence-corrected chi connectivity index (χ2v) is 14.2. The molecule has 2 atom stereocenters. The molecule has 5 aromatic rings. The minimum atomic E-state index is -4.53. The lowest BCUT2D eigenvalue weighted by molar-refractivity contribution is 0.481. The van der Waals surface area contributed by atoms with E-state index in [1.165, 1.54) is 36.4 Å². The molecule has 1 aromatic heterocycles. The SMILES string of the molecule is O=S(=O)(O)c1ccc2c(c1)C1=N/C2=N\C2NC(/N=C3\N=C(N=c4[nH]c(c5ccccc45)=N1)c1ccc(S(=O)(=O)O)cc13)c1ccccc12. The summed E-state index contributed by atoms with van der Waals surface area (Å²) in [7, 11) is -9.06. The van der Waals surface area contributed by atoms with Crippen LogP contribution in [-0.4, -0.2) is 54.3 Å². The van der Waals surface area contributed by atoms with Gasteiger partial charge in [-0.15, -0.1) is 0 Å². The molecule has 0 spiro atoms. The first-order valence-electron chi connectivity index (χ1n) is 14.5. The van der Waals surface area contributed by atoms with Crippen LogP contribution in [0.4, 0.5) is 0 Å². The third-order valence-corrected chi connectivity index (χ3v) is 10.2. The van der Waals surface area contributed by atoms with Gasteiger partial charge in [-0.05, 0) is 47.5 Å². The van der Waals surface area contributed by atoms with Gasteiger partial charge < -0.3 is 4.98 Å². The van der Waals surface area contributed by atoms with E-state index in [0.29, 0.717) is 44.0 Å². The zero-order valence-electron chi connectivity index (χ0n) is 24.3. The van der Waals surface area contributed by atoms with Gasteiger partial charge in [0.25, 0.3) is 20.2 Å². The van der Waals surface area contributed by atoms with Crippen LogP contribution in [0.25, 0.3) is 10.8 Å². The van der Waals surface area contributed by atoms with E-state index in [1.54, 1.807) is 0 Å². The van der Waals surface area contributed by atoms with E-state index in [2.05, 4.69) is 10.3 Å². The largest absolute Gasteiger partial charge is 0.324 e. The molecule has 5 heterocycles. The van der Waals surface area contributed by atoms with Gasteiger partial charge in [0.1, 0.15) is 23.3 Å². The highest BCUT2D eigenvalue weighted by molar-refractivity contribution is 7.86. The molecule has 14 nitrogen and oxygen atoms in total. The standard InChI is InChI=1S/C32H20N8O6S2/c41-47(42,43)15-9-11-21-23(13-15)32-38-28-20-8-4-2-6-18(20)26(34-28)36-30-22-12-10-16(48(44,45)46)14-24(22)31(40-30)37-27-19-7-3-1-5-17(19)25(33-27)35-29(21)39-32/h1-14,25,27,33H,(H,41,42,43)(H,44,45,46)(H,34,35,36,37,38,39,40). The van der Waals surface area contributed by atoms with E-state index >= 15 is 0 Å². The number of fused-ring (bicyclic) bond motifs is 18. The molecule has 0 aliphatic carbocycles. The molecular weight excluding hydrogens is 657 g/mol. The Morgan fingerprint density at radius 2 is 0.958 bits per heavy atom. The van der Waals surface area contributed by atoms with Crippen LogP contribution in [0, 0.1) is 0 Å². The summed E-state index contributed by atoms with van der Waals surface area (Å²) < 4.78 is 68.0. The summed E-state index contributed by atoms with van der Waals surface area (Å²) in [6.45, 7) is 0. The van der Waals surface area contributed by atoms with Crippen molar-refractivity contribution in [3.8, 4) is 0 Å². The van der Waals surface area contributed by atoms with E-state index in [9.17, 15) is 25.9 Å². The Morgan fingerprint density at radius 1 is 0.521 bits per heavy atom. The third-order valence-electron chi connectivity index (χ3n) is 8.48. The van der Waals surface area contributed by atoms with Crippen LogP contribution in [0.3, 0.4) is 0 Å². The van der Waals surface area contributed by atoms with E-state index in [-0.39, 0.29) is 33.1 Å². The smallest absolute Gasteiger partial charge is 0.294 e. The van der Waals surface area contributed by atoms with Crippen LogP contribution < -0.4 is 16.3 Å². The van der Waals surface area contributed by atoms with Crippen LogP contribution >= 0.6 is 0 Å². The molecule has 16 heteroatoms. The first kappa shape index (κ1) is 28.7. The highest BCUT2D eigenvalue weighted by Crippen LogP contribution is 2.37. The summed E-state index contributed by atoms with van der Waals surface area (Å²) in [5, 5.41) is 4.77. The summed E-state index contributed by atoms with van der Waals surface area (Å²) in [4.78, 5) is 31.6. The van der Waals surface area contributed by atoms with Gasteiger partial charge in [0, 0.05) is 33.0 Å². The molecule has 4 aliphatic rings. The Kier molecular flexibility index (Phi) is 5.97. The van der Waals surface area contributed by atoms with Gasteiger partial charge in [-0.3, -0.25) is 14.4 Å². The van der Waals surface area contributed by atoms with Crippen molar-refractivity contribution in [1.29, 1.82) is 0 Å². The molecule has 236 valence electrons. The summed E-state index contributed by atoms with van der Waals surface area (Å²) in [5.41, 5.74) is 4.11. The van der Waals surface area contributed by atoms with Crippen molar-refractivity contribution in [1.82, 2.24) is 10.3 Å². The number of aliphatic imine (C=N–C) groups is 4. The van der Waals surface area contributed by atoms with Crippen molar-refractivity contribution in [2.75, 3.05) is 0 Å². The normalized spacial score (nSPS) is 21.5. The topological polar surface area (TPSA) is 211 Å². The number of hydrogen-bond acceptors (Lipinski definition) is 11. The maximum Gasteiger partial charge on any atom is 0.294 e. The van der Waals surface area contributed by atoms with Crippen LogP contribution in [0.5, 0.6) is 0 Å². The van der Waals surface area contributed by atoms with E-state index in [0.717, 1.165) is 11.1 Å². The first-order chi connectivity index (χ1) is 23.0. The van der Waals surface area contributed by atoms with Crippen molar-refractivity contribution in [3.63, 3.8) is 0 Å². The van der Waals surface area contributed by atoms with Gasteiger partial charge in [-0.25, -0.2) is 30.0 Å². The average Bonchev–Trinajstić information content (AvgIpc) is 3.79. The summed E-state index contributed by atoms with van der Waals surface area (Å²) in [6, 6.07) is 23.1. The van der Waals surface area contributed by atoms with Gasteiger partial charge in [0.15, 0.2) is 23.3 Å². The van der Waals surface area contributed by atoms with Crippen molar-refractivity contribution in [3.05, 3.63) is 129 Å². The van der Waals surface area contributed by atoms with Gasteiger partial charge in [-0.1, -0.05) is 48.5 Å². The van der Waals surface area contributed by atoms with E-state index in [1.807, 2.05) is 48.5 Å². The van der Waals surface area contributed by atoms with Gasteiger partial charge in [0.05, 0.1) is 9.79 Å². The Hall–Kier alpha value is -5.52. The van der Waals surface area contributed by atoms with Crippen LogP contribution in [0.2, 0.25) is 0 Å². The Balaban J connectivity index is 1.36. The predicted octanol–water partition coefficient (Wildman–Crippen LogP) is 2.63. The summed E-state index contributed by atoms with van der Waals surface area (Å²) >= 11 is 0. The molecule has 4 aromatic carbocycles. The van der Waals surface area contributed by atoms with E-state index < -0.39 is 32.6 Å². The Bertz CT molecular complexity index is 2790. The zero-order chi connectivity index (χ0) is 32.9. The number of hydrogen-bond donors (Lipinski definition) is 4. The van der Waals surface area contributed by atoms with Gasteiger partial charge in [0.2, 0.25) is 0 Å². The number of aromatic amines is 1. The monoisotopic (exact) mass is 676 g/mol. The number of H-pyrrole nitrogens is 1. The van der Waals surface area contributed by atoms with Crippen LogP contribution in [0.15, 0.2) is 125 Å². The summed E-state index contributed by atoms with van der Waals surface area (Å²) in [6.07, 6.45) is -1.32. The second kappa shape index (κ2) is 9.99. The minimum absolute atomic E-state index is 0.171. The molecule has 0 saturated heterocycles. The first-order valence-corrected chi connectivity index (χ1v) is 17.4. The number of benzene rings is 4. The lowest BCUT2D eigenvalue weighted by atomic mass is 10.1. The van der Waals surface area contributed by atoms with Crippen molar-refractivity contribution < 1.29 is 25.9 Å². The van der Waals surface area contributed by atoms with Crippen molar-refractivity contribution in [2.45, 2.75) is 22.1 Å². The van der Waals surface area contributed by atoms with Crippen molar-refractivity contribution >= 4 is 54.4 Å². The molecule has 0 amide bonds. The Morgan fingerprint density at radius 3 is 1.48 bits per heavy atom. The molecule has 9 rings (SSSR count). The number of aromatic nitrogens is 1. The fourth-order valence-corrected chi connectivity index (χ4v) is 7.28. The number of rotatable bonds is 2. The maximum atomic E-state index is 12.1. The minimum Gasteiger partial charge on any atom is -0.324 e. The quantitative estimate of drug-likeness (QED) is 0.205. The summed E-state index contributed by atoms with van der Waals surface area (Å²) in [5.74, 6) is 0.903. The molecular formula is C32H20N8O6S2. The molecule has 0 saturated carbocycles. The van der Waals surface area contributed by atoms with Gasteiger partial charge in [-0.2, -0.15) is 16.8 Å². The second-order valence-electron chi connectivity index (χ2n) is 11.3. The molecule has 48 heavy (non-hydrogen) atoms. The molecule has 4 N–H and O–H groups in total. The molecule has 8 bridgehead atoms. The van der Waals surface area contributed by atoms with Gasteiger partial charge >= 0.3 is 0 Å². The molecule has 0 fully saturated rings. The highest BCUT2D eigenvalue weighted by Gasteiger charge is 2.34. The fourth-order valence-electron chi connectivity index (χ4n) is 6.26. The Labute approximate surface area is 271 Å². The van der Waals surface area contributed by atoms with Crippen molar-refractivity contribution in [2.24, 2.45) is 30.0 Å². The maximum absolute atomic E-state index is 12.1. The number of nitrogens with zero attached hydrogens (tertiary/aromatic N) is 6. The number of nitrogens with one attached hydrogen (secondary N) is 2. The fraction of sp³-hybridized carbons (Fsp3) is 0.0625. The molecule has 4 aliphatic heterocycles. The average molecular weight is 677 g/mol. The van der Waals surface area contributed by atoms with Crippen LogP contribution in [0.1, 0.15) is 45.7 Å². The van der Waals surface area contributed by atoms with E-state index in [4.69, 9.17) is 30.0 Å². The lowest BCUT2D eigenvalue weighted by Gasteiger charge is -2.10. The third kappa shape index (κ3) is 4.49. The molecule has 2 unspecified atom stereocenters.